The number of benzene rings is 3. The fourth-order valence-electron chi connectivity index (χ4n) is 5.21. The van der Waals surface area contributed by atoms with Crippen molar-refractivity contribution in [2.45, 2.75) is 25.7 Å². The molecule has 5 aromatic rings. The van der Waals surface area contributed by atoms with Crippen molar-refractivity contribution in [3.63, 3.8) is 0 Å². The number of fused-ring (bicyclic) bond motifs is 1. The molecule has 0 aliphatic rings. The second-order valence-electron chi connectivity index (χ2n) is 12.0. The summed E-state index contributed by atoms with van der Waals surface area (Å²) >= 11 is 0. The van der Waals surface area contributed by atoms with Crippen LogP contribution in [0.3, 0.4) is 0 Å². The normalized spacial score (nSPS) is 12.0. The molecule has 0 amide bonds. The smallest absolute Gasteiger partial charge is 0.162 e. The Bertz CT molecular complexity index is 1680. The first-order valence-electron chi connectivity index (χ1n) is 15.9. The third kappa shape index (κ3) is 9.03. The van der Waals surface area contributed by atoms with E-state index >= 15 is 0 Å². The molecule has 0 spiro atoms. The van der Waals surface area contributed by atoms with E-state index in [9.17, 15) is 0 Å². The highest BCUT2D eigenvalue weighted by Crippen LogP contribution is 2.31. The van der Waals surface area contributed by atoms with Crippen molar-refractivity contribution in [1.82, 2.24) is 24.3 Å². The summed E-state index contributed by atoms with van der Waals surface area (Å²) in [6.07, 6.45) is 10.5. The van der Waals surface area contributed by atoms with Crippen LogP contribution >= 0.6 is 0 Å². The molecule has 0 fully saturated rings. The summed E-state index contributed by atoms with van der Waals surface area (Å²) in [6, 6.07) is 29.3. The molecular formula is C38H45N7. The van der Waals surface area contributed by atoms with E-state index < -0.39 is 0 Å². The zero-order valence-corrected chi connectivity index (χ0v) is 27.1. The number of nitrogens with zero attached hydrogens (tertiary/aromatic N) is 7. The second-order valence-corrected chi connectivity index (χ2v) is 12.0. The van der Waals surface area contributed by atoms with Gasteiger partial charge in [0.2, 0.25) is 0 Å². The molecule has 0 unspecified atom stereocenters. The number of hydrogen-bond acceptors (Lipinski definition) is 6. The van der Waals surface area contributed by atoms with Gasteiger partial charge in [0.15, 0.2) is 5.82 Å². The Morgan fingerprint density at radius 3 is 1.78 bits per heavy atom. The third-order valence-electron chi connectivity index (χ3n) is 7.70. The van der Waals surface area contributed by atoms with Gasteiger partial charge in [0.05, 0.1) is 5.69 Å². The first-order valence-corrected chi connectivity index (χ1v) is 15.9. The molecule has 0 saturated carbocycles. The van der Waals surface area contributed by atoms with Gasteiger partial charge in [-0.1, -0.05) is 66.7 Å². The summed E-state index contributed by atoms with van der Waals surface area (Å²) in [5.41, 5.74) is 7.08. The Morgan fingerprint density at radius 2 is 1.20 bits per heavy atom. The van der Waals surface area contributed by atoms with E-state index in [0.29, 0.717) is 5.82 Å². The number of aromatic nitrogens is 3. The van der Waals surface area contributed by atoms with Crippen molar-refractivity contribution in [2.24, 2.45) is 9.98 Å². The minimum absolute atomic E-state index is 0.700. The van der Waals surface area contributed by atoms with Gasteiger partial charge in [0.25, 0.3) is 0 Å². The van der Waals surface area contributed by atoms with Crippen molar-refractivity contribution in [2.75, 3.05) is 54.4 Å². The van der Waals surface area contributed by atoms with E-state index in [4.69, 9.17) is 9.97 Å². The number of rotatable bonds is 15. The molecule has 0 N–H and O–H groups in total. The van der Waals surface area contributed by atoms with Crippen LogP contribution < -0.4 is 0 Å². The fraction of sp³-hybridized carbons (Fsp3) is 0.316. The van der Waals surface area contributed by atoms with Gasteiger partial charge in [-0.25, -0.2) is 9.97 Å². The SMILES string of the molecule is CN(C)CCCCN=Cc1ccc(-c2nc(-c3ccccc3)c3ccn(-c4ccc(C=NCCCCN(C)C)cc4)c3n2)cc1. The van der Waals surface area contributed by atoms with E-state index in [1.54, 1.807) is 0 Å². The maximum Gasteiger partial charge on any atom is 0.162 e. The maximum absolute atomic E-state index is 5.11. The van der Waals surface area contributed by atoms with Gasteiger partial charge in [-0.05, 0) is 96.3 Å². The molecule has 232 valence electrons. The van der Waals surface area contributed by atoms with Crippen molar-refractivity contribution in [1.29, 1.82) is 0 Å². The highest BCUT2D eigenvalue weighted by molar-refractivity contribution is 5.93. The molecule has 45 heavy (non-hydrogen) atoms. The molecule has 0 atom stereocenters. The van der Waals surface area contributed by atoms with Crippen molar-refractivity contribution >= 4 is 23.5 Å². The van der Waals surface area contributed by atoms with Crippen molar-refractivity contribution in [3.05, 3.63) is 102 Å². The van der Waals surface area contributed by atoms with Crippen LogP contribution in [0.2, 0.25) is 0 Å². The predicted octanol–water partition coefficient (Wildman–Crippen LogP) is 7.28. The zero-order chi connectivity index (χ0) is 31.4. The van der Waals surface area contributed by atoms with Gasteiger partial charge in [-0.3, -0.25) is 9.98 Å². The number of unbranched alkanes of at least 4 members (excludes halogenated alkanes) is 2. The van der Waals surface area contributed by atoms with E-state index in [-0.39, 0.29) is 0 Å². The Labute approximate surface area is 268 Å². The maximum atomic E-state index is 5.11. The Morgan fingerprint density at radius 1 is 0.622 bits per heavy atom. The molecule has 3 aromatic carbocycles. The lowest BCUT2D eigenvalue weighted by molar-refractivity contribution is 0.396. The first-order chi connectivity index (χ1) is 22.0. The minimum atomic E-state index is 0.700. The van der Waals surface area contributed by atoms with Gasteiger partial charge in [-0.15, -0.1) is 0 Å². The molecular weight excluding hydrogens is 554 g/mol. The second kappa shape index (κ2) is 16.0. The summed E-state index contributed by atoms with van der Waals surface area (Å²) in [5, 5.41) is 1.02. The molecule has 2 heterocycles. The molecule has 7 heteroatoms. The summed E-state index contributed by atoms with van der Waals surface area (Å²) in [4.78, 5) is 23.9. The number of hydrogen-bond donors (Lipinski definition) is 0. The average molecular weight is 600 g/mol. The Kier molecular flexibility index (Phi) is 11.4. The van der Waals surface area contributed by atoms with Crippen LogP contribution in [0, 0.1) is 0 Å². The van der Waals surface area contributed by atoms with Gasteiger partial charge < -0.3 is 14.4 Å². The molecule has 7 nitrogen and oxygen atoms in total. The van der Waals surface area contributed by atoms with E-state index in [1.807, 2.05) is 18.5 Å². The monoisotopic (exact) mass is 599 g/mol. The Balaban J connectivity index is 1.38. The molecule has 0 aliphatic heterocycles. The fourth-order valence-corrected chi connectivity index (χ4v) is 5.21. The molecule has 0 bridgehead atoms. The molecule has 0 radical (unpaired) electrons. The molecule has 2 aromatic heterocycles. The lowest BCUT2D eigenvalue weighted by atomic mass is 10.1. The van der Waals surface area contributed by atoms with Crippen LogP contribution in [0.4, 0.5) is 0 Å². The average Bonchev–Trinajstić information content (AvgIpc) is 3.49. The lowest BCUT2D eigenvalue weighted by Gasteiger charge is -2.10. The van der Waals surface area contributed by atoms with Gasteiger partial charge >= 0.3 is 0 Å². The van der Waals surface area contributed by atoms with Crippen LogP contribution in [-0.4, -0.2) is 91.1 Å². The standard InChI is InChI=1S/C38H45N7/c1-43(2)25-10-8-23-39-28-30-14-18-33(19-15-30)37-41-36(32-12-6-5-7-13-32)35-22-27-45(38(35)42-37)34-20-16-31(17-21-34)29-40-24-9-11-26-44(3)4/h5-7,12-22,27-29H,8-11,23-26H2,1-4H3. The van der Waals surface area contributed by atoms with E-state index in [2.05, 4.69) is 138 Å². The van der Waals surface area contributed by atoms with E-state index in [0.717, 1.165) is 96.5 Å². The highest BCUT2D eigenvalue weighted by atomic mass is 15.1. The van der Waals surface area contributed by atoms with Gasteiger partial charge in [0.1, 0.15) is 5.65 Å². The zero-order valence-electron chi connectivity index (χ0n) is 27.1. The summed E-state index contributed by atoms with van der Waals surface area (Å²) in [6.45, 7) is 3.90. The molecule has 0 saturated heterocycles. The van der Waals surface area contributed by atoms with E-state index in [1.165, 1.54) is 0 Å². The van der Waals surface area contributed by atoms with Gasteiger partial charge in [0, 0.05) is 53.9 Å². The summed E-state index contributed by atoms with van der Waals surface area (Å²) in [7, 11) is 8.43. The predicted molar refractivity (Wildman–Crippen MR) is 190 cm³/mol. The molecule has 5 rings (SSSR count). The van der Waals surface area contributed by atoms with Crippen LogP contribution in [0.1, 0.15) is 36.8 Å². The van der Waals surface area contributed by atoms with Crippen LogP contribution in [-0.2, 0) is 0 Å². The first kappa shape index (κ1) is 31.9. The molecule has 0 aliphatic carbocycles. The largest absolute Gasteiger partial charge is 0.309 e. The van der Waals surface area contributed by atoms with Crippen LogP contribution in [0.25, 0.3) is 39.4 Å². The minimum Gasteiger partial charge on any atom is -0.309 e. The van der Waals surface area contributed by atoms with Crippen LogP contribution in [0.5, 0.6) is 0 Å². The van der Waals surface area contributed by atoms with Gasteiger partial charge in [-0.2, -0.15) is 0 Å². The third-order valence-corrected chi connectivity index (χ3v) is 7.70. The Hall–Kier alpha value is -4.46. The topological polar surface area (TPSA) is 61.9 Å². The highest BCUT2D eigenvalue weighted by Gasteiger charge is 2.15. The quantitative estimate of drug-likeness (QED) is 0.0938. The van der Waals surface area contributed by atoms with Crippen molar-refractivity contribution in [3.8, 4) is 28.3 Å². The van der Waals surface area contributed by atoms with Crippen molar-refractivity contribution < 1.29 is 0 Å². The summed E-state index contributed by atoms with van der Waals surface area (Å²) < 4.78 is 2.15. The lowest BCUT2D eigenvalue weighted by Crippen LogP contribution is -2.12. The summed E-state index contributed by atoms with van der Waals surface area (Å²) in [5.74, 6) is 0.700. The number of aliphatic imine (C=N–C) groups is 2. The van der Waals surface area contributed by atoms with Crippen LogP contribution in [0.15, 0.2) is 101 Å².